The minimum atomic E-state index is -1.22. The minimum absolute atomic E-state index is 0.526. The maximum absolute atomic E-state index is 8.47. The molecule has 0 aromatic rings. The summed E-state index contributed by atoms with van der Waals surface area (Å²) in [5, 5.41) is 66.3. The van der Waals surface area contributed by atoms with E-state index < -0.39 is 50.8 Å². The molecule has 0 aliphatic carbocycles. The first-order valence-corrected chi connectivity index (χ1v) is 5.44. The van der Waals surface area contributed by atoms with Gasteiger partial charge in [-0.25, -0.2) is 0 Å². The van der Waals surface area contributed by atoms with Crippen LogP contribution in [0.4, 0.5) is 0 Å². The first-order chi connectivity index (χ1) is 8.44. The molecule has 0 aromatic carbocycles. The zero-order valence-electron chi connectivity index (χ0n) is 9.62. The molecule has 9 nitrogen and oxygen atoms in total. The standard InChI is InChI=1S/2C4H10O4.O.Ti/c2*5-1-3(7)4(8)2-6;;/h2*3-8H,1-2H2;;/q;;;+2/t2*3-,4+;;. The van der Waals surface area contributed by atoms with Crippen LogP contribution in [0, 0.1) is 0 Å². The molecule has 4 atom stereocenters. The Kier molecular flexibility index (Phi) is 22.3. The Morgan fingerprint density at radius 3 is 0.722 bits per heavy atom. The van der Waals surface area contributed by atoms with E-state index in [9.17, 15) is 0 Å². The number of aliphatic hydroxyl groups excluding tert-OH is 8. The van der Waals surface area contributed by atoms with E-state index in [1.165, 1.54) is 0 Å². The summed E-state index contributed by atoms with van der Waals surface area (Å²) in [5.74, 6) is 0. The normalized spacial score (nSPS) is 16.3. The van der Waals surface area contributed by atoms with E-state index in [2.05, 4.69) is 0 Å². The Hall–Kier alpha value is 0.194. The van der Waals surface area contributed by atoms with Crippen molar-refractivity contribution in [1.29, 1.82) is 0 Å². The zero-order valence-corrected chi connectivity index (χ0v) is 11.2. The molecule has 0 aliphatic heterocycles. The van der Waals surface area contributed by atoms with Crippen molar-refractivity contribution < 1.29 is 64.6 Å². The summed E-state index contributed by atoms with van der Waals surface area (Å²) in [6.07, 6.45) is -4.89. The van der Waals surface area contributed by atoms with Crippen LogP contribution >= 0.6 is 0 Å². The molecule has 18 heavy (non-hydrogen) atoms. The average Bonchev–Trinajstić information content (AvgIpc) is 2.46. The summed E-state index contributed by atoms with van der Waals surface area (Å²) in [4.78, 5) is 0. The van der Waals surface area contributed by atoms with Gasteiger partial charge in [0.05, 0.1) is 26.4 Å². The van der Waals surface area contributed by atoms with Crippen LogP contribution in [0.25, 0.3) is 0 Å². The van der Waals surface area contributed by atoms with E-state index in [0.29, 0.717) is 0 Å². The second-order valence-corrected chi connectivity index (χ2v) is 3.00. The van der Waals surface area contributed by atoms with Gasteiger partial charge in [0.25, 0.3) is 0 Å². The molecular formula is C8H20O9Ti+2. The molecule has 8 N–H and O–H groups in total. The van der Waals surface area contributed by atoms with Gasteiger partial charge in [0.1, 0.15) is 24.4 Å². The van der Waals surface area contributed by atoms with Crippen molar-refractivity contribution in [3.8, 4) is 0 Å². The van der Waals surface area contributed by atoms with Crippen LogP contribution < -0.4 is 0 Å². The second kappa shape index (κ2) is 17.2. The fraction of sp³-hybridized carbons (Fsp3) is 1.00. The third-order valence-electron chi connectivity index (χ3n) is 1.64. The van der Waals surface area contributed by atoms with E-state index >= 15 is 0 Å². The van der Waals surface area contributed by atoms with E-state index in [-0.39, 0.29) is 0 Å². The van der Waals surface area contributed by atoms with Crippen molar-refractivity contribution in [3.05, 3.63) is 0 Å². The van der Waals surface area contributed by atoms with Crippen molar-refractivity contribution >= 4 is 0 Å². The summed E-state index contributed by atoms with van der Waals surface area (Å²) in [7, 11) is 0. The SMILES string of the molecule is OC[C@@H](O)[C@@H](O)CO.OC[C@@H](O)[C@@H](O)CO.[O]=[Ti+2]. The molecule has 0 bridgehead atoms. The molecule has 10 heteroatoms. The first-order valence-electron chi connectivity index (χ1n) is 4.80. The van der Waals surface area contributed by atoms with Crippen LogP contribution in [0.3, 0.4) is 0 Å². The molecule has 108 valence electrons. The van der Waals surface area contributed by atoms with E-state index in [1.54, 1.807) is 0 Å². The molecule has 0 saturated carbocycles. The summed E-state index contributed by atoms with van der Waals surface area (Å²) in [6, 6.07) is 0. The predicted molar refractivity (Wildman–Crippen MR) is 53.1 cm³/mol. The number of hydrogen-bond acceptors (Lipinski definition) is 9. The summed E-state index contributed by atoms with van der Waals surface area (Å²) in [6.45, 7) is -2.10. The molecule has 0 unspecified atom stereocenters. The van der Waals surface area contributed by atoms with E-state index in [1.807, 2.05) is 0 Å². The van der Waals surface area contributed by atoms with Crippen LogP contribution in [0.1, 0.15) is 0 Å². The Morgan fingerprint density at radius 1 is 0.556 bits per heavy atom. The van der Waals surface area contributed by atoms with E-state index in [4.69, 9.17) is 44.2 Å². The van der Waals surface area contributed by atoms with Gasteiger partial charge in [-0.05, 0) is 0 Å². The zero-order chi connectivity index (χ0) is 15.1. The van der Waals surface area contributed by atoms with Gasteiger partial charge in [-0.15, -0.1) is 0 Å². The average molecular weight is 308 g/mol. The van der Waals surface area contributed by atoms with Gasteiger partial charge < -0.3 is 40.9 Å². The topological polar surface area (TPSA) is 179 Å². The second-order valence-electron chi connectivity index (χ2n) is 3.00. The molecule has 0 aromatic heterocycles. The molecule has 0 aliphatic rings. The van der Waals surface area contributed by atoms with Gasteiger partial charge in [-0.1, -0.05) is 0 Å². The van der Waals surface area contributed by atoms with Crippen molar-refractivity contribution in [2.24, 2.45) is 0 Å². The maximum atomic E-state index is 8.47. The Labute approximate surface area is 116 Å². The van der Waals surface area contributed by atoms with Crippen LogP contribution in [0.2, 0.25) is 0 Å². The van der Waals surface area contributed by atoms with Crippen molar-refractivity contribution in [2.45, 2.75) is 24.4 Å². The molecule has 0 saturated heterocycles. The van der Waals surface area contributed by atoms with E-state index in [0.717, 1.165) is 20.4 Å². The predicted octanol–water partition coefficient (Wildman–Crippen LogP) is -4.74. The number of rotatable bonds is 6. The van der Waals surface area contributed by atoms with Crippen molar-refractivity contribution in [2.75, 3.05) is 26.4 Å². The molecule has 0 rings (SSSR count). The quantitative estimate of drug-likeness (QED) is 0.224. The Bertz CT molecular complexity index is 130. The summed E-state index contributed by atoms with van der Waals surface area (Å²) >= 11 is 0.750. The summed E-state index contributed by atoms with van der Waals surface area (Å²) in [5.41, 5.74) is 0. The fourth-order valence-electron chi connectivity index (χ4n) is 0.487. The fourth-order valence-corrected chi connectivity index (χ4v) is 0.487. The molecule has 0 amide bonds. The van der Waals surface area contributed by atoms with Gasteiger partial charge in [-0.2, -0.15) is 0 Å². The Morgan fingerprint density at radius 2 is 0.667 bits per heavy atom. The third kappa shape index (κ3) is 14.3. The van der Waals surface area contributed by atoms with Crippen LogP contribution in [-0.2, 0) is 23.7 Å². The van der Waals surface area contributed by atoms with Crippen molar-refractivity contribution in [3.63, 3.8) is 0 Å². The third-order valence-corrected chi connectivity index (χ3v) is 1.64. The van der Waals surface area contributed by atoms with Gasteiger partial charge in [0.2, 0.25) is 0 Å². The molecular weight excluding hydrogens is 288 g/mol. The number of aliphatic hydroxyl groups is 8. The van der Waals surface area contributed by atoms with Crippen LogP contribution in [0.5, 0.6) is 0 Å². The summed E-state index contributed by atoms with van der Waals surface area (Å²) < 4.78 is 8.25. The van der Waals surface area contributed by atoms with Gasteiger partial charge in [0.15, 0.2) is 0 Å². The van der Waals surface area contributed by atoms with Crippen LogP contribution in [0.15, 0.2) is 0 Å². The van der Waals surface area contributed by atoms with Crippen LogP contribution in [-0.4, -0.2) is 91.7 Å². The van der Waals surface area contributed by atoms with Crippen molar-refractivity contribution in [1.82, 2.24) is 0 Å². The molecule has 0 fully saturated rings. The molecule has 0 spiro atoms. The monoisotopic (exact) mass is 308 g/mol. The first kappa shape index (κ1) is 23.3. The van der Waals surface area contributed by atoms with Gasteiger partial charge in [-0.3, -0.25) is 0 Å². The molecule has 0 radical (unpaired) electrons. The Balaban J connectivity index is -0.000000219. The van der Waals surface area contributed by atoms with Gasteiger partial charge in [0, 0.05) is 0 Å². The van der Waals surface area contributed by atoms with Gasteiger partial charge >= 0.3 is 23.7 Å². The number of hydrogen-bond donors (Lipinski definition) is 8. The molecule has 0 heterocycles.